The fraction of sp³-hybridized carbons (Fsp3) is 0.909. The zero-order chi connectivity index (χ0) is 31.6. The van der Waals surface area contributed by atoms with Gasteiger partial charge in [0, 0.05) is 25.0 Å². The number of unbranched alkanes of at least 4 members (excludes halogenated alkanes) is 6. The number of nitrogens with zero attached hydrogens (tertiary/aromatic N) is 1. The van der Waals surface area contributed by atoms with Crippen molar-refractivity contribution in [3.05, 3.63) is 0 Å². The number of aliphatic carboxylic acids is 1. The van der Waals surface area contributed by atoms with E-state index in [1.54, 1.807) is 13.8 Å². The number of hydrogen-bond donors (Lipinski definition) is 3. The van der Waals surface area contributed by atoms with Crippen LogP contribution in [0.5, 0.6) is 0 Å². The highest BCUT2D eigenvalue weighted by Crippen LogP contribution is 2.37. The van der Waals surface area contributed by atoms with Crippen molar-refractivity contribution in [2.75, 3.05) is 26.2 Å². The lowest BCUT2D eigenvalue weighted by Gasteiger charge is -2.46. The van der Waals surface area contributed by atoms with Gasteiger partial charge in [0.05, 0.1) is 18.1 Å². The molecule has 2 unspecified atom stereocenters. The molecule has 2 aliphatic rings. The Morgan fingerprint density at radius 3 is 2.12 bits per heavy atom. The van der Waals surface area contributed by atoms with Crippen molar-refractivity contribution >= 4 is 17.9 Å². The van der Waals surface area contributed by atoms with Crippen molar-refractivity contribution in [1.29, 1.82) is 0 Å². The lowest BCUT2D eigenvalue weighted by atomic mass is 9.72. The van der Waals surface area contributed by atoms with Crippen molar-refractivity contribution in [1.82, 2.24) is 15.5 Å². The minimum absolute atomic E-state index is 0.0807. The van der Waals surface area contributed by atoms with Gasteiger partial charge in [-0.2, -0.15) is 0 Å². The maximum Gasteiger partial charge on any atom is 0.317 e. The minimum atomic E-state index is -1.01. The summed E-state index contributed by atoms with van der Waals surface area (Å²) in [6, 6.07) is -0.203. The normalized spacial score (nSPS) is 22.1. The van der Waals surface area contributed by atoms with Gasteiger partial charge in [-0.15, -0.1) is 0 Å². The zero-order valence-corrected chi connectivity index (χ0v) is 27.9. The molecule has 9 nitrogen and oxygen atoms in total. The molecule has 1 heterocycles. The predicted molar refractivity (Wildman–Crippen MR) is 166 cm³/mol. The third-order valence-electron chi connectivity index (χ3n) is 8.67. The standard InChI is InChI=1S/C33H61N3O6/c1-9-10-11-12-13-14-18-21-36(23-30(2,3)4)29(40)35-33(19-16-15-17-20-33)25(28(38)39)22-34-27(37)26-31(5,6)24-41-32(7,8)42-26/h25-26H,9-24H2,1-8H3,(H,34,37)(H,35,40)(H,38,39). The zero-order valence-electron chi connectivity index (χ0n) is 27.9. The molecule has 244 valence electrons. The van der Waals surface area contributed by atoms with Crippen LogP contribution >= 0.6 is 0 Å². The first-order chi connectivity index (χ1) is 19.5. The van der Waals surface area contributed by atoms with E-state index in [0.29, 0.717) is 32.5 Å². The van der Waals surface area contributed by atoms with Gasteiger partial charge in [0.1, 0.15) is 6.10 Å². The van der Waals surface area contributed by atoms with E-state index in [1.807, 2.05) is 18.7 Å². The summed E-state index contributed by atoms with van der Waals surface area (Å²) in [7, 11) is 0. The van der Waals surface area contributed by atoms with Crippen molar-refractivity contribution in [3.63, 3.8) is 0 Å². The van der Waals surface area contributed by atoms with E-state index < -0.39 is 34.7 Å². The van der Waals surface area contributed by atoms with Crippen LogP contribution in [0.25, 0.3) is 0 Å². The van der Waals surface area contributed by atoms with E-state index in [9.17, 15) is 19.5 Å². The summed E-state index contributed by atoms with van der Waals surface area (Å²) in [6.07, 6.45) is 11.2. The van der Waals surface area contributed by atoms with E-state index in [1.165, 1.54) is 32.1 Å². The van der Waals surface area contributed by atoms with Crippen LogP contribution in [-0.2, 0) is 19.1 Å². The second-order valence-electron chi connectivity index (χ2n) is 15.1. The fourth-order valence-corrected chi connectivity index (χ4v) is 6.26. The Balaban J connectivity index is 2.16. The second-order valence-corrected chi connectivity index (χ2v) is 15.1. The van der Waals surface area contributed by atoms with Gasteiger partial charge in [-0.25, -0.2) is 4.79 Å². The van der Waals surface area contributed by atoms with Gasteiger partial charge < -0.3 is 30.1 Å². The highest BCUT2D eigenvalue weighted by Gasteiger charge is 2.48. The number of urea groups is 1. The van der Waals surface area contributed by atoms with Gasteiger partial charge >= 0.3 is 12.0 Å². The van der Waals surface area contributed by atoms with E-state index in [2.05, 4.69) is 38.3 Å². The first-order valence-corrected chi connectivity index (χ1v) is 16.4. The van der Waals surface area contributed by atoms with Crippen LogP contribution in [-0.4, -0.2) is 71.6 Å². The summed E-state index contributed by atoms with van der Waals surface area (Å²) in [5, 5.41) is 16.6. The Morgan fingerprint density at radius 2 is 1.55 bits per heavy atom. The number of rotatable bonds is 15. The number of nitrogens with one attached hydrogen (secondary N) is 2. The quantitative estimate of drug-likeness (QED) is 0.186. The maximum atomic E-state index is 13.9. The maximum absolute atomic E-state index is 13.9. The van der Waals surface area contributed by atoms with Crippen LogP contribution in [0, 0.1) is 16.7 Å². The molecular weight excluding hydrogens is 534 g/mol. The van der Waals surface area contributed by atoms with Crippen LogP contribution in [0.1, 0.15) is 132 Å². The molecule has 3 amide bonds. The fourth-order valence-electron chi connectivity index (χ4n) is 6.26. The molecule has 42 heavy (non-hydrogen) atoms. The number of carboxylic acid groups (broad SMARTS) is 1. The van der Waals surface area contributed by atoms with Gasteiger partial charge in [-0.3, -0.25) is 9.59 Å². The van der Waals surface area contributed by atoms with Gasteiger partial charge in [-0.1, -0.05) is 99.3 Å². The molecule has 9 heteroatoms. The molecule has 0 spiro atoms. The number of amides is 3. The van der Waals surface area contributed by atoms with E-state index >= 15 is 0 Å². The average molecular weight is 596 g/mol. The van der Waals surface area contributed by atoms with Crippen LogP contribution < -0.4 is 10.6 Å². The van der Waals surface area contributed by atoms with Crippen LogP contribution in [0.15, 0.2) is 0 Å². The summed E-state index contributed by atoms with van der Waals surface area (Å²) < 4.78 is 11.7. The molecule has 2 fully saturated rings. The second kappa shape index (κ2) is 15.7. The molecule has 1 saturated carbocycles. The number of carbonyl (C=O) groups is 3. The molecule has 0 bridgehead atoms. The van der Waals surface area contributed by atoms with Crippen molar-refractivity contribution in [2.45, 2.75) is 150 Å². The van der Waals surface area contributed by atoms with Gasteiger partial charge in [0.15, 0.2) is 5.79 Å². The first-order valence-electron chi connectivity index (χ1n) is 16.4. The third-order valence-corrected chi connectivity index (χ3v) is 8.67. The monoisotopic (exact) mass is 595 g/mol. The molecule has 3 N–H and O–H groups in total. The Hall–Kier alpha value is -1.87. The highest BCUT2D eigenvalue weighted by atomic mass is 16.7. The lowest BCUT2D eigenvalue weighted by Crippen LogP contribution is -2.63. The summed E-state index contributed by atoms with van der Waals surface area (Å²) in [4.78, 5) is 41.9. The van der Waals surface area contributed by atoms with Crippen molar-refractivity contribution in [2.24, 2.45) is 16.7 Å². The summed E-state index contributed by atoms with van der Waals surface area (Å²) >= 11 is 0. The van der Waals surface area contributed by atoms with E-state index in [0.717, 1.165) is 32.1 Å². The molecule has 0 aromatic heterocycles. The number of ether oxygens (including phenoxy) is 2. The SMILES string of the molecule is CCCCCCCCCN(CC(C)(C)C)C(=O)NC1(C(CNC(=O)C2OC(C)(C)OCC2(C)C)C(=O)O)CCCCC1. The Labute approximate surface area is 255 Å². The number of carboxylic acids is 1. The van der Waals surface area contributed by atoms with Gasteiger partial charge in [0.25, 0.3) is 0 Å². The molecule has 0 aromatic rings. The summed E-state index contributed by atoms with van der Waals surface area (Å²) in [5.74, 6) is -3.24. The molecule has 1 saturated heterocycles. The van der Waals surface area contributed by atoms with Gasteiger partial charge in [-0.05, 0) is 38.5 Å². The molecule has 1 aliphatic heterocycles. The van der Waals surface area contributed by atoms with Crippen molar-refractivity contribution < 1.29 is 29.0 Å². The van der Waals surface area contributed by atoms with Crippen molar-refractivity contribution in [3.8, 4) is 0 Å². The van der Waals surface area contributed by atoms with Crippen LogP contribution in [0.2, 0.25) is 0 Å². The highest BCUT2D eigenvalue weighted by molar-refractivity contribution is 5.83. The molecule has 2 atom stereocenters. The predicted octanol–water partition coefficient (Wildman–Crippen LogP) is 6.49. The number of hydrogen-bond acceptors (Lipinski definition) is 5. The molecular formula is C33H61N3O6. The minimum Gasteiger partial charge on any atom is -0.481 e. The Morgan fingerprint density at radius 1 is 0.952 bits per heavy atom. The van der Waals surface area contributed by atoms with E-state index in [-0.39, 0.29) is 23.9 Å². The molecule has 2 rings (SSSR count). The van der Waals surface area contributed by atoms with Gasteiger partial charge in [0.2, 0.25) is 5.91 Å². The topological polar surface area (TPSA) is 117 Å². The number of carbonyl (C=O) groups excluding carboxylic acids is 2. The Kier molecular flexibility index (Phi) is 13.6. The third kappa shape index (κ3) is 11.3. The first kappa shape index (κ1) is 36.3. The van der Waals surface area contributed by atoms with E-state index in [4.69, 9.17) is 9.47 Å². The smallest absolute Gasteiger partial charge is 0.317 e. The largest absolute Gasteiger partial charge is 0.481 e. The molecule has 1 aliphatic carbocycles. The Bertz CT molecular complexity index is 876. The average Bonchev–Trinajstić information content (AvgIpc) is 2.88. The lowest BCUT2D eigenvalue weighted by molar-refractivity contribution is -0.304. The molecule has 0 radical (unpaired) electrons. The summed E-state index contributed by atoms with van der Waals surface area (Å²) in [6.45, 7) is 17.4. The van der Waals surface area contributed by atoms with Crippen LogP contribution in [0.3, 0.4) is 0 Å². The molecule has 0 aromatic carbocycles. The van der Waals surface area contributed by atoms with Crippen LogP contribution in [0.4, 0.5) is 4.79 Å². The summed E-state index contributed by atoms with van der Waals surface area (Å²) in [5.41, 5.74) is -1.60.